The van der Waals surface area contributed by atoms with Gasteiger partial charge in [0.25, 0.3) is 5.91 Å². The molecule has 2 aliphatic heterocycles. The van der Waals surface area contributed by atoms with Gasteiger partial charge in [-0.15, -0.1) is 0 Å². The van der Waals surface area contributed by atoms with Crippen LogP contribution in [-0.2, 0) is 19.9 Å². The highest BCUT2D eigenvalue weighted by atomic mass is 35.5. The zero-order valence-electron chi connectivity index (χ0n) is 17.3. The Bertz CT molecular complexity index is 1150. The van der Waals surface area contributed by atoms with Gasteiger partial charge in [0, 0.05) is 12.5 Å². The lowest BCUT2D eigenvalue weighted by atomic mass is 9.92. The van der Waals surface area contributed by atoms with Gasteiger partial charge >= 0.3 is 6.03 Å². The van der Waals surface area contributed by atoms with E-state index in [2.05, 4.69) is 10.6 Å². The smallest absolute Gasteiger partial charge is 0.324 e. The van der Waals surface area contributed by atoms with Gasteiger partial charge in [0.2, 0.25) is 11.8 Å². The van der Waals surface area contributed by atoms with Gasteiger partial charge in [-0.25, -0.2) is 4.79 Å². The number of halogens is 2. The molecule has 1 fully saturated rings. The Morgan fingerprint density at radius 2 is 1.84 bits per heavy atom. The summed E-state index contributed by atoms with van der Waals surface area (Å²) in [5.41, 5.74) is 0.0532. The van der Waals surface area contributed by atoms with Crippen LogP contribution in [0.5, 0.6) is 0 Å². The van der Waals surface area contributed by atoms with Gasteiger partial charge in [0.05, 0.1) is 21.4 Å². The number of nitrogens with one attached hydrogen (secondary N) is 2. The fourth-order valence-corrected chi connectivity index (χ4v) is 4.32. The van der Waals surface area contributed by atoms with Crippen LogP contribution >= 0.6 is 23.2 Å². The molecular weight excluding hydrogens is 455 g/mol. The lowest BCUT2D eigenvalue weighted by Crippen LogP contribution is -2.47. The van der Waals surface area contributed by atoms with E-state index < -0.39 is 36.0 Å². The second-order valence-electron chi connectivity index (χ2n) is 7.96. The fraction of sp³-hybridized carbons (Fsp3) is 0.273. The SMILES string of the molecule is CC1CC(=O)Nc2ccccc2N1C(=O)CN1C(=O)NC(C)(c2ccc(Cl)c(Cl)c2)C1=O. The number of urea groups is 1. The highest BCUT2D eigenvalue weighted by Gasteiger charge is 2.50. The maximum absolute atomic E-state index is 13.3. The molecule has 2 atom stereocenters. The lowest BCUT2D eigenvalue weighted by Gasteiger charge is -2.29. The summed E-state index contributed by atoms with van der Waals surface area (Å²) in [4.78, 5) is 53.7. The average molecular weight is 475 g/mol. The second-order valence-corrected chi connectivity index (χ2v) is 8.77. The number of nitrogens with zero attached hydrogens (tertiary/aromatic N) is 2. The molecule has 2 aliphatic rings. The molecule has 166 valence electrons. The van der Waals surface area contributed by atoms with Gasteiger partial charge in [-0.1, -0.05) is 41.4 Å². The van der Waals surface area contributed by atoms with Crippen LogP contribution in [0.3, 0.4) is 0 Å². The van der Waals surface area contributed by atoms with Gasteiger partial charge in [0.1, 0.15) is 12.1 Å². The Morgan fingerprint density at radius 1 is 1.12 bits per heavy atom. The molecule has 0 spiro atoms. The molecule has 0 aromatic heterocycles. The maximum atomic E-state index is 13.3. The van der Waals surface area contributed by atoms with Crippen LogP contribution in [0, 0.1) is 0 Å². The lowest BCUT2D eigenvalue weighted by molar-refractivity contribution is -0.134. The van der Waals surface area contributed by atoms with Crippen LogP contribution in [0.2, 0.25) is 10.0 Å². The Labute approximate surface area is 194 Å². The monoisotopic (exact) mass is 474 g/mol. The van der Waals surface area contributed by atoms with Gasteiger partial charge in [0.15, 0.2) is 0 Å². The third-order valence-corrected chi connectivity index (χ3v) is 6.43. The first-order valence-corrected chi connectivity index (χ1v) is 10.7. The highest BCUT2D eigenvalue weighted by molar-refractivity contribution is 6.42. The van der Waals surface area contributed by atoms with Crippen LogP contribution in [0.1, 0.15) is 25.8 Å². The minimum absolute atomic E-state index is 0.0849. The molecule has 2 N–H and O–H groups in total. The zero-order chi connectivity index (χ0) is 23.2. The number of imide groups is 1. The molecule has 0 bridgehead atoms. The first-order valence-electron chi connectivity index (χ1n) is 9.92. The summed E-state index contributed by atoms with van der Waals surface area (Å²) >= 11 is 12.1. The van der Waals surface area contributed by atoms with Crippen molar-refractivity contribution in [3.8, 4) is 0 Å². The molecule has 5 amide bonds. The number of para-hydroxylation sites is 2. The summed E-state index contributed by atoms with van der Waals surface area (Å²) in [5, 5.41) is 5.99. The Morgan fingerprint density at radius 3 is 2.56 bits per heavy atom. The molecule has 2 aromatic carbocycles. The largest absolute Gasteiger partial charge is 0.325 e. The predicted molar refractivity (Wildman–Crippen MR) is 121 cm³/mol. The molecule has 2 aromatic rings. The van der Waals surface area contributed by atoms with Crippen molar-refractivity contribution in [3.63, 3.8) is 0 Å². The summed E-state index contributed by atoms with van der Waals surface area (Å²) in [5.74, 6) is -1.29. The summed E-state index contributed by atoms with van der Waals surface area (Å²) in [6.07, 6.45) is 0.0849. The standard InChI is InChI=1S/C22H20Cl2N4O4/c1-12-9-18(29)25-16-5-3-4-6-17(16)28(12)19(30)11-27-20(31)22(2,26-21(27)32)13-7-8-14(23)15(24)10-13/h3-8,10,12H,9,11H2,1-2H3,(H,25,29)(H,26,32). The number of rotatable bonds is 3. The van der Waals surface area contributed by atoms with E-state index in [-0.39, 0.29) is 17.4 Å². The van der Waals surface area contributed by atoms with E-state index in [1.807, 2.05) is 0 Å². The summed E-state index contributed by atoms with van der Waals surface area (Å²) in [6, 6.07) is 10.4. The molecule has 10 heteroatoms. The number of carbonyl (C=O) groups excluding carboxylic acids is 4. The first kappa shape index (κ1) is 22.1. The molecule has 1 saturated heterocycles. The van der Waals surface area contributed by atoms with E-state index in [0.717, 1.165) is 4.90 Å². The van der Waals surface area contributed by atoms with Gasteiger partial charge in [-0.3, -0.25) is 19.3 Å². The topological polar surface area (TPSA) is 98.8 Å². The van der Waals surface area contributed by atoms with Gasteiger partial charge in [-0.05, 0) is 43.7 Å². The van der Waals surface area contributed by atoms with Crippen LogP contribution in [0.15, 0.2) is 42.5 Å². The molecule has 2 unspecified atom stereocenters. The fourth-order valence-electron chi connectivity index (χ4n) is 4.02. The number of anilines is 2. The van der Waals surface area contributed by atoms with Crippen molar-refractivity contribution in [2.45, 2.75) is 31.8 Å². The van der Waals surface area contributed by atoms with E-state index in [0.29, 0.717) is 22.0 Å². The van der Waals surface area contributed by atoms with E-state index in [9.17, 15) is 19.2 Å². The molecule has 2 heterocycles. The summed E-state index contributed by atoms with van der Waals surface area (Å²) < 4.78 is 0. The quantitative estimate of drug-likeness (QED) is 0.664. The minimum atomic E-state index is -1.40. The van der Waals surface area contributed by atoms with Crippen molar-refractivity contribution in [1.82, 2.24) is 10.2 Å². The Kier molecular flexibility index (Phi) is 5.60. The number of fused-ring (bicyclic) bond motifs is 1. The van der Waals surface area contributed by atoms with Crippen molar-refractivity contribution in [3.05, 3.63) is 58.1 Å². The highest BCUT2D eigenvalue weighted by Crippen LogP contribution is 2.34. The third-order valence-electron chi connectivity index (χ3n) is 5.69. The minimum Gasteiger partial charge on any atom is -0.324 e. The second kappa shape index (κ2) is 8.11. The average Bonchev–Trinajstić information content (AvgIpc) is 2.87. The third kappa shape index (κ3) is 3.69. The number of hydrogen-bond donors (Lipinski definition) is 2. The summed E-state index contributed by atoms with van der Waals surface area (Å²) in [6.45, 7) is 2.81. The predicted octanol–water partition coefficient (Wildman–Crippen LogP) is 3.52. The number of benzene rings is 2. The maximum Gasteiger partial charge on any atom is 0.325 e. The molecular formula is C22H20Cl2N4O4. The molecule has 0 aliphatic carbocycles. The van der Waals surface area contributed by atoms with Crippen LogP contribution in [-0.4, -0.2) is 41.2 Å². The van der Waals surface area contributed by atoms with Crippen LogP contribution in [0.25, 0.3) is 0 Å². The van der Waals surface area contributed by atoms with Crippen molar-refractivity contribution in [1.29, 1.82) is 0 Å². The van der Waals surface area contributed by atoms with Crippen molar-refractivity contribution in [2.75, 3.05) is 16.8 Å². The number of amides is 5. The van der Waals surface area contributed by atoms with Crippen molar-refractivity contribution >= 4 is 58.3 Å². The van der Waals surface area contributed by atoms with Crippen LogP contribution < -0.4 is 15.5 Å². The Balaban J connectivity index is 1.62. The number of hydrogen-bond acceptors (Lipinski definition) is 4. The Hall–Kier alpha value is -3.10. The summed E-state index contributed by atoms with van der Waals surface area (Å²) in [7, 11) is 0. The van der Waals surface area contributed by atoms with E-state index >= 15 is 0 Å². The van der Waals surface area contributed by atoms with Gasteiger partial charge in [-0.2, -0.15) is 0 Å². The van der Waals surface area contributed by atoms with E-state index in [1.165, 1.54) is 17.0 Å². The number of carbonyl (C=O) groups is 4. The van der Waals surface area contributed by atoms with Crippen LogP contribution in [0.4, 0.5) is 16.2 Å². The molecule has 32 heavy (non-hydrogen) atoms. The molecule has 0 saturated carbocycles. The van der Waals surface area contributed by atoms with E-state index in [4.69, 9.17) is 23.2 Å². The van der Waals surface area contributed by atoms with Gasteiger partial charge < -0.3 is 15.5 Å². The normalized spacial score (nSPS) is 22.9. The van der Waals surface area contributed by atoms with Crippen molar-refractivity contribution in [2.24, 2.45) is 0 Å². The molecule has 8 nitrogen and oxygen atoms in total. The van der Waals surface area contributed by atoms with E-state index in [1.54, 1.807) is 44.2 Å². The van der Waals surface area contributed by atoms with Crippen molar-refractivity contribution < 1.29 is 19.2 Å². The molecule has 0 radical (unpaired) electrons. The zero-order valence-corrected chi connectivity index (χ0v) is 18.8. The first-order chi connectivity index (χ1) is 15.1. The molecule has 4 rings (SSSR count).